The molecule has 0 N–H and O–H groups in total. The van der Waals surface area contributed by atoms with E-state index in [1.807, 2.05) is 0 Å². The molecule has 2 aromatic heterocycles. The summed E-state index contributed by atoms with van der Waals surface area (Å²) < 4.78 is 4.92. The highest BCUT2D eigenvalue weighted by atomic mass is 15.1. The second-order valence-corrected chi connectivity index (χ2v) is 13.3. The molecule has 0 amide bonds. The molecule has 3 nitrogen and oxygen atoms in total. The Balaban J connectivity index is 1.25. The minimum absolute atomic E-state index is 1.11. The average Bonchev–Trinajstić information content (AvgIpc) is 3.72. The molecule has 238 valence electrons. The largest absolute Gasteiger partial charge is 0.311 e. The average molecular weight is 650 g/mol. The van der Waals surface area contributed by atoms with E-state index < -0.39 is 0 Å². The van der Waals surface area contributed by atoms with Gasteiger partial charge in [0.05, 0.1) is 22.1 Å². The molecule has 11 aromatic rings. The topological polar surface area (TPSA) is 13.1 Å². The van der Waals surface area contributed by atoms with Crippen LogP contribution in [0.4, 0.5) is 17.1 Å². The van der Waals surface area contributed by atoms with E-state index in [9.17, 15) is 0 Å². The lowest BCUT2D eigenvalue weighted by Gasteiger charge is -2.25. The maximum Gasteiger partial charge on any atom is 0.0549 e. The lowest BCUT2D eigenvalue weighted by molar-refractivity contribution is 1.17. The normalized spacial score (nSPS) is 11.9. The molecule has 2 heterocycles. The Kier molecular flexibility index (Phi) is 5.96. The van der Waals surface area contributed by atoms with Crippen LogP contribution in [0, 0.1) is 0 Å². The monoisotopic (exact) mass is 649 g/mol. The Morgan fingerprint density at radius 2 is 0.627 bits per heavy atom. The first-order valence-electron chi connectivity index (χ1n) is 17.5. The Labute approximate surface area is 294 Å². The zero-order valence-electron chi connectivity index (χ0n) is 27.7. The lowest BCUT2D eigenvalue weighted by atomic mass is 9.95. The smallest absolute Gasteiger partial charge is 0.0549 e. The minimum Gasteiger partial charge on any atom is -0.311 e. The summed E-state index contributed by atoms with van der Waals surface area (Å²) in [6, 6.07) is 68.3. The lowest BCUT2D eigenvalue weighted by Crippen LogP contribution is -2.09. The van der Waals surface area contributed by atoms with Crippen molar-refractivity contribution in [3.63, 3.8) is 0 Å². The highest BCUT2D eigenvalue weighted by molar-refractivity contribution is 6.39. The molecule has 0 aliphatic rings. The van der Waals surface area contributed by atoms with E-state index in [1.54, 1.807) is 0 Å². The molecule has 0 radical (unpaired) electrons. The van der Waals surface area contributed by atoms with Crippen molar-refractivity contribution in [2.45, 2.75) is 0 Å². The molecule has 11 rings (SSSR count). The van der Waals surface area contributed by atoms with Gasteiger partial charge in [0.25, 0.3) is 0 Å². The molecular formula is C48H31N3. The van der Waals surface area contributed by atoms with Crippen molar-refractivity contribution >= 4 is 82.2 Å². The van der Waals surface area contributed by atoms with E-state index in [0.29, 0.717) is 0 Å². The number of anilines is 3. The van der Waals surface area contributed by atoms with Gasteiger partial charge in [0.1, 0.15) is 0 Å². The van der Waals surface area contributed by atoms with Crippen LogP contribution >= 0.6 is 0 Å². The number of fused-ring (bicyclic) bond motifs is 3. The summed E-state index contributed by atoms with van der Waals surface area (Å²) in [7, 11) is 0. The second-order valence-electron chi connectivity index (χ2n) is 13.3. The van der Waals surface area contributed by atoms with Gasteiger partial charge in [0, 0.05) is 50.0 Å². The fourth-order valence-electron chi connectivity index (χ4n) is 8.58. The number of nitrogens with zero attached hydrogens (tertiary/aromatic N) is 3. The van der Waals surface area contributed by atoms with Crippen LogP contribution < -0.4 is 4.90 Å². The zero-order chi connectivity index (χ0) is 33.5. The third-order valence-electron chi connectivity index (χ3n) is 10.6. The van der Waals surface area contributed by atoms with Crippen molar-refractivity contribution < 1.29 is 0 Å². The van der Waals surface area contributed by atoms with Gasteiger partial charge in [-0.25, -0.2) is 0 Å². The van der Waals surface area contributed by atoms with Crippen molar-refractivity contribution in [3.05, 3.63) is 188 Å². The van der Waals surface area contributed by atoms with Crippen LogP contribution in [0.3, 0.4) is 0 Å². The van der Waals surface area contributed by atoms with Gasteiger partial charge < -0.3 is 14.0 Å². The summed E-state index contributed by atoms with van der Waals surface area (Å²) in [6.07, 6.45) is 0. The number of benzene rings is 8. The molecule has 0 spiro atoms. The summed E-state index contributed by atoms with van der Waals surface area (Å²) in [4.78, 5) is 2.32. The Hall–Kier alpha value is -6.84. The van der Waals surface area contributed by atoms with E-state index in [4.69, 9.17) is 0 Å². The van der Waals surface area contributed by atoms with Crippen LogP contribution in [0.15, 0.2) is 188 Å². The molecule has 51 heavy (non-hydrogen) atoms. The summed E-state index contributed by atoms with van der Waals surface area (Å²) >= 11 is 0. The zero-order valence-corrected chi connectivity index (χ0v) is 27.7. The van der Waals surface area contributed by atoms with Gasteiger partial charge in [-0.05, 0) is 106 Å². The SMILES string of the molecule is c1ccc(N(c2ccccc2)c2ccc(-n3c4cccc5c6ccccc6c6cccc7c6c6c(c54)c3ccc6n7-c3ccccc3)cc2)cc1. The van der Waals surface area contributed by atoms with Crippen LogP contribution in [0.5, 0.6) is 0 Å². The van der Waals surface area contributed by atoms with Crippen molar-refractivity contribution in [2.24, 2.45) is 0 Å². The first kappa shape index (κ1) is 28.0. The molecule has 0 atom stereocenters. The third-order valence-corrected chi connectivity index (χ3v) is 10.6. The van der Waals surface area contributed by atoms with Gasteiger partial charge in [0.2, 0.25) is 0 Å². The summed E-state index contributed by atoms with van der Waals surface area (Å²) in [5, 5.41) is 10.3. The minimum atomic E-state index is 1.11. The van der Waals surface area contributed by atoms with Crippen LogP contribution in [0.25, 0.3) is 76.5 Å². The molecule has 3 heteroatoms. The molecule has 0 aliphatic carbocycles. The maximum absolute atomic E-state index is 2.47. The van der Waals surface area contributed by atoms with E-state index in [0.717, 1.165) is 22.7 Å². The van der Waals surface area contributed by atoms with Gasteiger partial charge in [-0.1, -0.05) is 103 Å². The molecule has 0 aliphatic heterocycles. The van der Waals surface area contributed by atoms with Crippen LogP contribution in [0.1, 0.15) is 0 Å². The van der Waals surface area contributed by atoms with Gasteiger partial charge >= 0.3 is 0 Å². The molecule has 0 saturated carbocycles. The number of para-hydroxylation sites is 3. The maximum atomic E-state index is 2.47. The third kappa shape index (κ3) is 4.00. The molecule has 9 aromatic carbocycles. The number of aromatic nitrogens is 2. The number of hydrogen-bond donors (Lipinski definition) is 0. The highest BCUT2D eigenvalue weighted by Gasteiger charge is 2.24. The van der Waals surface area contributed by atoms with E-state index in [2.05, 4.69) is 202 Å². The fraction of sp³-hybridized carbons (Fsp3) is 0. The van der Waals surface area contributed by atoms with Gasteiger partial charge in [-0.15, -0.1) is 0 Å². The molecule has 0 unspecified atom stereocenters. The Morgan fingerprint density at radius 1 is 0.255 bits per heavy atom. The molecule has 0 bridgehead atoms. The van der Waals surface area contributed by atoms with Crippen molar-refractivity contribution in [2.75, 3.05) is 4.90 Å². The summed E-state index contributed by atoms with van der Waals surface area (Å²) in [5.41, 5.74) is 10.5. The second kappa shape index (κ2) is 10.8. The van der Waals surface area contributed by atoms with Crippen molar-refractivity contribution in [1.29, 1.82) is 0 Å². The standard InChI is InChI=1S/C48H31N3/c1-4-14-32(15-5-1)49(33-16-6-2-7-17-33)35-26-28-36(29-27-35)51-42-25-13-23-40-38-21-11-10-20-37(38)39-22-12-24-41-45(39)47-43(30-31-44(51)48(47)46(40)42)50(41)34-18-8-3-9-19-34/h1-31H. The summed E-state index contributed by atoms with van der Waals surface area (Å²) in [6.45, 7) is 0. The first-order chi connectivity index (χ1) is 25.3. The highest BCUT2D eigenvalue weighted by Crippen LogP contribution is 2.48. The predicted molar refractivity (Wildman–Crippen MR) is 216 cm³/mol. The van der Waals surface area contributed by atoms with Crippen molar-refractivity contribution in [1.82, 2.24) is 9.13 Å². The quantitative estimate of drug-likeness (QED) is 0.181. The fourth-order valence-corrected chi connectivity index (χ4v) is 8.58. The number of hydrogen-bond acceptors (Lipinski definition) is 1. The Morgan fingerprint density at radius 3 is 1.12 bits per heavy atom. The van der Waals surface area contributed by atoms with E-state index in [1.165, 1.54) is 70.8 Å². The molecular weight excluding hydrogens is 619 g/mol. The number of rotatable bonds is 5. The van der Waals surface area contributed by atoms with Crippen LogP contribution in [-0.4, -0.2) is 9.13 Å². The molecule has 0 saturated heterocycles. The van der Waals surface area contributed by atoms with Gasteiger partial charge in [-0.2, -0.15) is 0 Å². The van der Waals surface area contributed by atoms with Crippen molar-refractivity contribution in [3.8, 4) is 11.4 Å². The van der Waals surface area contributed by atoms with Crippen LogP contribution in [-0.2, 0) is 0 Å². The predicted octanol–water partition coefficient (Wildman–Crippen LogP) is 13.1. The van der Waals surface area contributed by atoms with E-state index >= 15 is 0 Å². The van der Waals surface area contributed by atoms with Gasteiger partial charge in [0.15, 0.2) is 0 Å². The van der Waals surface area contributed by atoms with Crippen LogP contribution in [0.2, 0.25) is 0 Å². The van der Waals surface area contributed by atoms with E-state index in [-0.39, 0.29) is 0 Å². The Bertz CT molecular complexity index is 3010. The molecule has 0 fully saturated rings. The first-order valence-corrected chi connectivity index (χ1v) is 17.5. The summed E-state index contributed by atoms with van der Waals surface area (Å²) in [5.74, 6) is 0. The van der Waals surface area contributed by atoms with Gasteiger partial charge in [-0.3, -0.25) is 0 Å².